The van der Waals surface area contributed by atoms with Gasteiger partial charge in [0.05, 0.1) is 5.52 Å². The molecular weight excluding hydrogens is 322 g/mol. The minimum Gasteiger partial charge on any atom is -0.340 e. The van der Waals surface area contributed by atoms with E-state index in [4.69, 9.17) is 0 Å². The molecule has 0 spiro atoms. The van der Waals surface area contributed by atoms with Gasteiger partial charge in [0.15, 0.2) is 11.8 Å². The number of aromatic nitrogens is 4. The highest BCUT2D eigenvalue weighted by atomic mass is 15.2. The third-order valence-corrected chi connectivity index (χ3v) is 5.79. The zero-order valence-electron chi connectivity index (χ0n) is 15.0. The summed E-state index contributed by atoms with van der Waals surface area (Å²) in [5.74, 6) is 0.653. The van der Waals surface area contributed by atoms with E-state index in [1.54, 1.807) is 0 Å². The zero-order valence-corrected chi connectivity index (χ0v) is 15.0. The van der Waals surface area contributed by atoms with Crippen molar-refractivity contribution in [2.75, 3.05) is 13.1 Å². The quantitative estimate of drug-likeness (QED) is 0.618. The van der Waals surface area contributed by atoms with E-state index in [0.717, 1.165) is 24.3 Å². The molecule has 26 heavy (non-hydrogen) atoms. The van der Waals surface area contributed by atoms with Crippen LogP contribution in [0.3, 0.4) is 0 Å². The normalized spacial score (nSPS) is 21.6. The number of aromatic amines is 2. The Bertz CT molecular complexity index is 1030. The third kappa shape index (κ3) is 2.59. The number of nitrogens with one attached hydrogen (secondary N) is 2. The van der Waals surface area contributed by atoms with Gasteiger partial charge in [0.25, 0.3) is 0 Å². The molecule has 0 amide bonds. The van der Waals surface area contributed by atoms with E-state index in [-0.39, 0.29) is 0 Å². The fraction of sp³-hybridized carbons (Fsp3) is 0.333. The molecule has 2 atom stereocenters. The van der Waals surface area contributed by atoms with Gasteiger partial charge < -0.3 is 4.57 Å². The summed E-state index contributed by atoms with van der Waals surface area (Å²) in [4.78, 5) is 13.6. The predicted molar refractivity (Wildman–Crippen MR) is 103 cm³/mol. The van der Waals surface area contributed by atoms with Crippen LogP contribution < -0.4 is 4.98 Å². The van der Waals surface area contributed by atoms with Crippen molar-refractivity contribution in [3.63, 3.8) is 0 Å². The largest absolute Gasteiger partial charge is 0.340 e. The highest BCUT2D eigenvalue weighted by Crippen LogP contribution is 2.33. The molecule has 132 valence electrons. The first kappa shape index (κ1) is 15.6. The molecule has 5 heteroatoms. The van der Waals surface area contributed by atoms with Crippen LogP contribution in [-0.2, 0) is 6.54 Å². The van der Waals surface area contributed by atoms with Crippen LogP contribution in [0.2, 0.25) is 0 Å². The molecule has 3 aromatic heterocycles. The monoisotopic (exact) mass is 346 g/mol. The minimum absolute atomic E-state index is 0.471. The maximum Gasteiger partial charge on any atom is 0.301 e. The molecule has 4 aromatic rings. The van der Waals surface area contributed by atoms with Crippen molar-refractivity contribution >= 4 is 22.1 Å². The zero-order chi connectivity index (χ0) is 17.5. The molecule has 0 radical (unpaired) electrons. The molecule has 0 aliphatic carbocycles. The predicted octanol–water partition coefficient (Wildman–Crippen LogP) is 3.41. The van der Waals surface area contributed by atoms with Crippen LogP contribution in [0.25, 0.3) is 22.1 Å². The van der Waals surface area contributed by atoms with Crippen LogP contribution in [0, 0.1) is 5.92 Å². The van der Waals surface area contributed by atoms with Gasteiger partial charge in [-0.25, -0.2) is 4.98 Å². The summed E-state index contributed by atoms with van der Waals surface area (Å²) in [5, 5.41) is 1.20. The van der Waals surface area contributed by atoms with Crippen molar-refractivity contribution in [1.29, 1.82) is 0 Å². The lowest BCUT2D eigenvalue weighted by atomic mass is 9.92. The van der Waals surface area contributed by atoms with Gasteiger partial charge in [0.1, 0.15) is 6.20 Å². The van der Waals surface area contributed by atoms with Gasteiger partial charge in [-0.1, -0.05) is 37.3 Å². The summed E-state index contributed by atoms with van der Waals surface area (Å²) in [7, 11) is 0. The number of likely N-dealkylation sites (tertiary alicyclic amines) is 1. The third-order valence-electron chi connectivity index (χ3n) is 5.79. The molecule has 1 aliphatic heterocycles. The van der Waals surface area contributed by atoms with Crippen LogP contribution in [0.15, 0.2) is 55.1 Å². The number of rotatable bonds is 3. The lowest BCUT2D eigenvalue weighted by Crippen LogP contribution is -2.40. The SMILES string of the molecule is C[C@@H]1CCN(Cc2ccccc2)C[C@@H]1n1ccc2cnc3[nH+]c[nH]c3c21. The van der Waals surface area contributed by atoms with Crippen LogP contribution in [0.1, 0.15) is 24.9 Å². The number of imidazole rings is 1. The number of benzene rings is 1. The number of pyridine rings is 1. The maximum atomic E-state index is 4.51. The Morgan fingerprint density at radius 3 is 3.00 bits per heavy atom. The van der Waals surface area contributed by atoms with Crippen molar-refractivity contribution in [2.45, 2.75) is 25.9 Å². The Morgan fingerprint density at radius 1 is 1.23 bits per heavy atom. The van der Waals surface area contributed by atoms with Gasteiger partial charge in [-0.2, -0.15) is 0 Å². The van der Waals surface area contributed by atoms with Crippen LogP contribution in [0.5, 0.6) is 0 Å². The molecule has 2 N–H and O–H groups in total. The second-order valence-corrected chi connectivity index (χ2v) is 7.50. The summed E-state index contributed by atoms with van der Waals surface area (Å²) in [6.07, 6.45) is 7.29. The molecule has 1 aromatic carbocycles. The van der Waals surface area contributed by atoms with Gasteiger partial charge in [-0.15, -0.1) is 4.98 Å². The fourth-order valence-corrected chi connectivity index (χ4v) is 4.31. The molecule has 0 unspecified atom stereocenters. The van der Waals surface area contributed by atoms with Gasteiger partial charge in [0.2, 0.25) is 0 Å². The van der Waals surface area contributed by atoms with Crippen LogP contribution in [-0.4, -0.2) is 32.5 Å². The lowest BCUT2D eigenvalue weighted by Gasteiger charge is -2.38. The van der Waals surface area contributed by atoms with Gasteiger partial charge in [-0.05, 0) is 30.5 Å². The average Bonchev–Trinajstić information content (AvgIpc) is 3.30. The molecule has 1 aliphatic rings. The smallest absolute Gasteiger partial charge is 0.301 e. The van der Waals surface area contributed by atoms with Crippen LogP contribution in [0.4, 0.5) is 0 Å². The molecule has 1 saturated heterocycles. The lowest BCUT2D eigenvalue weighted by molar-refractivity contribution is -0.347. The van der Waals surface area contributed by atoms with Gasteiger partial charge >= 0.3 is 5.65 Å². The first-order valence-electron chi connectivity index (χ1n) is 9.40. The summed E-state index contributed by atoms with van der Waals surface area (Å²) >= 11 is 0. The molecule has 5 nitrogen and oxygen atoms in total. The highest BCUT2D eigenvalue weighted by molar-refractivity contribution is 5.99. The Hall–Kier alpha value is -2.66. The van der Waals surface area contributed by atoms with E-state index >= 15 is 0 Å². The molecule has 4 heterocycles. The summed E-state index contributed by atoms with van der Waals surface area (Å²) in [6.45, 7) is 5.65. The molecule has 0 bridgehead atoms. The average molecular weight is 346 g/mol. The highest BCUT2D eigenvalue weighted by Gasteiger charge is 2.29. The van der Waals surface area contributed by atoms with Crippen LogP contribution >= 0.6 is 0 Å². The van der Waals surface area contributed by atoms with E-state index in [1.807, 2.05) is 12.5 Å². The first-order chi connectivity index (χ1) is 12.8. The van der Waals surface area contributed by atoms with E-state index < -0.39 is 0 Å². The minimum atomic E-state index is 0.471. The number of H-pyrrole nitrogens is 2. The number of piperidine rings is 1. The number of nitrogens with zero attached hydrogens (tertiary/aromatic N) is 3. The molecule has 0 saturated carbocycles. The Labute approximate surface area is 152 Å². The van der Waals surface area contributed by atoms with Crippen molar-refractivity contribution in [2.24, 2.45) is 5.92 Å². The standard InChI is InChI=1S/C21H23N5/c1-15-7-9-25(12-16-5-3-2-4-6-16)13-18(15)26-10-8-17-11-22-21-19(20(17)26)23-14-24-21/h2-6,8,10-11,14-15,18H,7,9,12-13H2,1H3,(H,22,23,24)/p+1/t15-,18+/m1/s1. The summed E-state index contributed by atoms with van der Waals surface area (Å²) in [6, 6.07) is 13.5. The van der Waals surface area contributed by atoms with E-state index in [2.05, 4.69) is 73.9 Å². The van der Waals surface area contributed by atoms with E-state index in [1.165, 1.54) is 29.4 Å². The Balaban J connectivity index is 1.50. The second-order valence-electron chi connectivity index (χ2n) is 7.50. The topological polar surface area (TPSA) is 51.0 Å². The first-order valence-corrected chi connectivity index (χ1v) is 9.40. The Kier molecular flexibility index (Phi) is 3.75. The van der Waals surface area contributed by atoms with Crippen molar-refractivity contribution in [3.8, 4) is 0 Å². The second kappa shape index (κ2) is 6.25. The number of hydrogen-bond acceptors (Lipinski definition) is 2. The Morgan fingerprint density at radius 2 is 2.12 bits per heavy atom. The van der Waals surface area contributed by atoms with E-state index in [0.29, 0.717) is 12.0 Å². The summed E-state index contributed by atoms with van der Waals surface area (Å²) in [5.41, 5.74) is 4.67. The number of hydrogen-bond donors (Lipinski definition) is 1. The van der Waals surface area contributed by atoms with Gasteiger partial charge in [0, 0.05) is 30.7 Å². The van der Waals surface area contributed by atoms with Crippen molar-refractivity contribution in [1.82, 2.24) is 19.4 Å². The summed E-state index contributed by atoms with van der Waals surface area (Å²) < 4.78 is 2.46. The van der Waals surface area contributed by atoms with E-state index in [9.17, 15) is 0 Å². The van der Waals surface area contributed by atoms with Gasteiger partial charge in [-0.3, -0.25) is 9.88 Å². The number of fused-ring (bicyclic) bond motifs is 3. The molecule has 1 fully saturated rings. The van der Waals surface area contributed by atoms with Crippen molar-refractivity contribution < 1.29 is 4.98 Å². The fourth-order valence-electron chi connectivity index (χ4n) is 4.31. The maximum absolute atomic E-state index is 4.51. The van der Waals surface area contributed by atoms with Crippen molar-refractivity contribution in [3.05, 3.63) is 60.7 Å². The molecule has 5 rings (SSSR count). The molecular formula is C21H24N5+.